The van der Waals surface area contributed by atoms with E-state index in [9.17, 15) is 4.79 Å². The average Bonchev–Trinajstić information content (AvgIpc) is 2.69. The molecular formula is C12H18N2OS2. The minimum atomic E-state index is 0.147. The van der Waals surface area contributed by atoms with Crippen LogP contribution in [0.3, 0.4) is 0 Å². The van der Waals surface area contributed by atoms with Crippen molar-refractivity contribution < 1.29 is 4.79 Å². The number of rotatable bonds is 2. The van der Waals surface area contributed by atoms with Crippen molar-refractivity contribution in [1.82, 2.24) is 4.90 Å². The number of anilines is 1. The summed E-state index contributed by atoms with van der Waals surface area (Å²) in [5, 5.41) is 0.589. The summed E-state index contributed by atoms with van der Waals surface area (Å²) in [6, 6.07) is 1.81. The van der Waals surface area contributed by atoms with E-state index in [0.717, 1.165) is 40.7 Å². The lowest BCUT2D eigenvalue weighted by atomic mass is 10.2. The molecule has 1 fully saturated rings. The van der Waals surface area contributed by atoms with Crippen molar-refractivity contribution in [2.45, 2.75) is 25.5 Å². The molecule has 94 valence electrons. The Morgan fingerprint density at radius 1 is 1.65 bits per heavy atom. The van der Waals surface area contributed by atoms with E-state index in [4.69, 9.17) is 5.73 Å². The van der Waals surface area contributed by atoms with Crippen molar-refractivity contribution >= 4 is 34.7 Å². The van der Waals surface area contributed by atoms with E-state index < -0.39 is 0 Å². The van der Waals surface area contributed by atoms with Gasteiger partial charge in [-0.1, -0.05) is 6.92 Å². The highest BCUT2D eigenvalue weighted by molar-refractivity contribution is 8.00. The SMILES string of the molecule is CCC1CN(C(=O)c2cc(N)c(C)s2)CCS1. The van der Waals surface area contributed by atoms with Gasteiger partial charge >= 0.3 is 0 Å². The van der Waals surface area contributed by atoms with Gasteiger partial charge in [0, 0.05) is 34.7 Å². The number of nitrogen functional groups attached to an aromatic ring is 1. The number of carbonyl (C=O) groups is 1. The summed E-state index contributed by atoms with van der Waals surface area (Å²) in [6.07, 6.45) is 1.13. The molecule has 1 atom stereocenters. The molecule has 1 unspecified atom stereocenters. The van der Waals surface area contributed by atoms with E-state index in [1.165, 1.54) is 11.3 Å². The summed E-state index contributed by atoms with van der Waals surface area (Å²) in [5.41, 5.74) is 6.53. The highest BCUT2D eigenvalue weighted by atomic mass is 32.2. The van der Waals surface area contributed by atoms with Crippen molar-refractivity contribution in [2.24, 2.45) is 0 Å². The minimum absolute atomic E-state index is 0.147. The van der Waals surface area contributed by atoms with Crippen LogP contribution in [0.15, 0.2) is 6.07 Å². The van der Waals surface area contributed by atoms with Crippen molar-refractivity contribution in [2.75, 3.05) is 24.6 Å². The van der Waals surface area contributed by atoms with Gasteiger partial charge in [0.15, 0.2) is 0 Å². The van der Waals surface area contributed by atoms with Gasteiger partial charge in [-0.15, -0.1) is 11.3 Å². The molecule has 0 saturated carbocycles. The number of hydrogen-bond acceptors (Lipinski definition) is 4. The van der Waals surface area contributed by atoms with E-state index in [0.29, 0.717) is 5.25 Å². The lowest BCUT2D eigenvalue weighted by molar-refractivity contribution is 0.0766. The molecule has 0 bridgehead atoms. The molecule has 1 aliphatic rings. The minimum Gasteiger partial charge on any atom is -0.398 e. The molecule has 3 nitrogen and oxygen atoms in total. The lowest BCUT2D eigenvalue weighted by Crippen LogP contribution is -2.41. The summed E-state index contributed by atoms with van der Waals surface area (Å²) in [7, 11) is 0. The number of hydrogen-bond donors (Lipinski definition) is 1. The van der Waals surface area contributed by atoms with Crippen LogP contribution in [0.1, 0.15) is 27.9 Å². The normalized spacial score (nSPS) is 20.6. The summed E-state index contributed by atoms with van der Waals surface area (Å²) < 4.78 is 0. The molecular weight excluding hydrogens is 252 g/mol. The number of nitrogens with two attached hydrogens (primary N) is 1. The topological polar surface area (TPSA) is 46.3 Å². The van der Waals surface area contributed by atoms with Crippen LogP contribution < -0.4 is 5.73 Å². The smallest absolute Gasteiger partial charge is 0.264 e. The lowest BCUT2D eigenvalue weighted by Gasteiger charge is -2.31. The van der Waals surface area contributed by atoms with Crippen LogP contribution in [0.25, 0.3) is 0 Å². The van der Waals surface area contributed by atoms with Crippen molar-refractivity contribution in [1.29, 1.82) is 0 Å². The van der Waals surface area contributed by atoms with Crippen molar-refractivity contribution in [3.63, 3.8) is 0 Å². The second-order valence-corrected chi connectivity index (χ2v) is 6.94. The first-order chi connectivity index (χ1) is 8.11. The van der Waals surface area contributed by atoms with Crippen molar-refractivity contribution in [3.8, 4) is 0 Å². The number of carbonyl (C=O) groups excluding carboxylic acids is 1. The molecule has 0 radical (unpaired) electrons. The Balaban J connectivity index is 2.09. The zero-order valence-electron chi connectivity index (χ0n) is 10.2. The average molecular weight is 270 g/mol. The van der Waals surface area contributed by atoms with E-state index in [-0.39, 0.29) is 5.91 Å². The molecule has 0 spiro atoms. The molecule has 5 heteroatoms. The Labute approximate surface area is 110 Å². The molecule has 1 aromatic heterocycles. The van der Waals surface area contributed by atoms with Gasteiger partial charge in [-0.3, -0.25) is 4.79 Å². The second-order valence-electron chi connectivity index (χ2n) is 4.27. The zero-order chi connectivity index (χ0) is 12.4. The quantitative estimate of drug-likeness (QED) is 0.898. The summed E-state index contributed by atoms with van der Waals surface area (Å²) in [5.74, 6) is 1.19. The fourth-order valence-corrected chi connectivity index (χ4v) is 4.00. The van der Waals surface area contributed by atoms with Gasteiger partial charge in [-0.05, 0) is 19.4 Å². The monoisotopic (exact) mass is 270 g/mol. The van der Waals surface area contributed by atoms with Gasteiger partial charge < -0.3 is 10.6 Å². The van der Waals surface area contributed by atoms with Crippen molar-refractivity contribution in [3.05, 3.63) is 15.8 Å². The van der Waals surface area contributed by atoms with Crippen LogP contribution in [-0.4, -0.2) is 34.9 Å². The Morgan fingerprint density at radius 2 is 2.41 bits per heavy atom. The zero-order valence-corrected chi connectivity index (χ0v) is 11.9. The number of thioether (sulfide) groups is 1. The van der Waals surface area contributed by atoms with Gasteiger partial charge in [0.2, 0.25) is 0 Å². The molecule has 1 aliphatic heterocycles. The van der Waals surface area contributed by atoms with Gasteiger partial charge in [0.25, 0.3) is 5.91 Å². The fourth-order valence-electron chi connectivity index (χ4n) is 1.91. The Hall–Kier alpha value is -0.680. The van der Waals surface area contributed by atoms with Gasteiger partial charge in [0.05, 0.1) is 4.88 Å². The third-order valence-electron chi connectivity index (χ3n) is 3.05. The first kappa shape index (κ1) is 12.8. The van der Waals surface area contributed by atoms with E-state index in [1.54, 1.807) is 0 Å². The van der Waals surface area contributed by atoms with Crippen LogP contribution >= 0.6 is 23.1 Å². The van der Waals surface area contributed by atoms with E-state index in [2.05, 4.69) is 6.92 Å². The van der Waals surface area contributed by atoms with Crippen LogP contribution in [0.4, 0.5) is 5.69 Å². The number of thiophene rings is 1. The molecule has 0 aromatic carbocycles. The summed E-state index contributed by atoms with van der Waals surface area (Å²) in [4.78, 5) is 16.1. The number of nitrogens with zero attached hydrogens (tertiary/aromatic N) is 1. The first-order valence-electron chi connectivity index (χ1n) is 5.88. The second kappa shape index (κ2) is 5.31. The number of amides is 1. The predicted octanol–water partition coefficient (Wildman–Crippen LogP) is 2.61. The molecule has 17 heavy (non-hydrogen) atoms. The molecule has 2 N–H and O–H groups in total. The summed E-state index contributed by atoms with van der Waals surface area (Å²) in [6.45, 7) is 5.87. The Morgan fingerprint density at radius 3 is 3.00 bits per heavy atom. The van der Waals surface area contributed by atoms with Crippen LogP contribution in [0, 0.1) is 6.92 Å². The van der Waals surface area contributed by atoms with Gasteiger partial charge in [0.1, 0.15) is 0 Å². The molecule has 1 amide bonds. The number of aryl methyl sites for hydroxylation is 1. The standard InChI is InChI=1S/C12H18N2OS2/c1-3-9-7-14(4-5-16-9)12(15)11-6-10(13)8(2)17-11/h6,9H,3-5,7,13H2,1-2H3. The van der Waals surface area contributed by atoms with Crippen LogP contribution in [-0.2, 0) is 0 Å². The highest BCUT2D eigenvalue weighted by Gasteiger charge is 2.25. The third-order valence-corrected chi connectivity index (χ3v) is 5.47. The molecule has 2 heterocycles. The first-order valence-corrected chi connectivity index (χ1v) is 7.75. The fraction of sp³-hybridized carbons (Fsp3) is 0.583. The maximum absolute atomic E-state index is 12.3. The van der Waals surface area contributed by atoms with Crippen LogP contribution in [0.2, 0.25) is 0 Å². The van der Waals surface area contributed by atoms with Crippen LogP contribution in [0.5, 0.6) is 0 Å². The Kier molecular flexibility index (Phi) is 3.99. The maximum Gasteiger partial charge on any atom is 0.264 e. The van der Waals surface area contributed by atoms with E-state index in [1.807, 2.05) is 29.7 Å². The molecule has 0 aliphatic carbocycles. The molecule has 2 rings (SSSR count). The summed E-state index contributed by atoms with van der Waals surface area (Å²) >= 11 is 3.47. The third kappa shape index (κ3) is 2.77. The molecule has 1 saturated heterocycles. The highest BCUT2D eigenvalue weighted by Crippen LogP contribution is 2.27. The van der Waals surface area contributed by atoms with Gasteiger partial charge in [-0.2, -0.15) is 11.8 Å². The van der Waals surface area contributed by atoms with Gasteiger partial charge in [-0.25, -0.2) is 0 Å². The molecule has 1 aromatic rings. The predicted molar refractivity (Wildman–Crippen MR) is 75.9 cm³/mol. The Bertz CT molecular complexity index is 397. The van der Waals surface area contributed by atoms with E-state index >= 15 is 0 Å². The maximum atomic E-state index is 12.3. The largest absolute Gasteiger partial charge is 0.398 e.